The number of carbonyl (C=O) groups excluding carboxylic acids is 1. The van der Waals surface area contributed by atoms with Gasteiger partial charge in [-0.1, -0.05) is 54.1 Å². The van der Waals surface area contributed by atoms with Crippen molar-refractivity contribution in [3.8, 4) is 0 Å². The molecule has 2 N–H and O–H groups in total. The lowest BCUT2D eigenvalue weighted by Crippen LogP contribution is -2.36. The Morgan fingerprint density at radius 1 is 0.824 bits per heavy atom. The van der Waals surface area contributed by atoms with Gasteiger partial charge in [-0.25, -0.2) is 8.42 Å². The van der Waals surface area contributed by atoms with Gasteiger partial charge < -0.3 is 9.88 Å². The third kappa shape index (κ3) is 3.31. The molecule has 0 spiro atoms. The lowest BCUT2D eigenvalue weighted by Gasteiger charge is -2.30. The van der Waals surface area contributed by atoms with Gasteiger partial charge in [-0.05, 0) is 42.7 Å². The highest BCUT2D eigenvalue weighted by Crippen LogP contribution is 2.41. The van der Waals surface area contributed by atoms with E-state index in [1.54, 1.807) is 18.2 Å². The number of rotatable bonds is 1. The number of H-pyrrole nitrogens is 1. The summed E-state index contributed by atoms with van der Waals surface area (Å²) in [5.74, 6) is 0.0167. The van der Waals surface area contributed by atoms with Gasteiger partial charge in [0.25, 0.3) is 15.9 Å². The molecule has 1 saturated heterocycles. The number of carbonyl (C=O) groups is 1. The van der Waals surface area contributed by atoms with Crippen molar-refractivity contribution in [2.45, 2.75) is 17.7 Å². The van der Waals surface area contributed by atoms with Gasteiger partial charge in [-0.2, -0.15) is 0 Å². The minimum absolute atomic E-state index is 0.0167. The van der Waals surface area contributed by atoms with Crippen molar-refractivity contribution in [1.29, 1.82) is 0 Å². The van der Waals surface area contributed by atoms with Gasteiger partial charge in [0, 0.05) is 35.8 Å². The van der Waals surface area contributed by atoms with Crippen LogP contribution in [0.1, 0.15) is 34.3 Å². The molecule has 0 radical (unpaired) electrons. The molecule has 3 heterocycles. The molecule has 170 valence electrons. The van der Waals surface area contributed by atoms with Gasteiger partial charge in [-0.3, -0.25) is 9.52 Å². The molecule has 0 atom stereocenters. The number of benzene rings is 3. The van der Waals surface area contributed by atoms with Crippen LogP contribution in [0.3, 0.4) is 0 Å². The zero-order valence-corrected chi connectivity index (χ0v) is 19.2. The lowest BCUT2D eigenvalue weighted by atomic mass is 9.87. The van der Waals surface area contributed by atoms with Crippen LogP contribution < -0.4 is 4.72 Å². The van der Waals surface area contributed by atoms with Gasteiger partial charge in [0.2, 0.25) is 0 Å². The predicted octanol–water partition coefficient (Wildman–Crippen LogP) is 5.02. The summed E-state index contributed by atoms with van der Waals surface area (Å²) in [7, 11) is -3.69. The van der Waals surface area contributed by atoms with Gasteiger partial charge >= 0.3 is 0 Å². The van der Waals surface area contributed by atoms with Gasteiger partial charge in [-0.15, -0.1) is 0 Å². The fourth-order valence-corrected chi connectivity index (χ4v) is 6.38. The summed E-state index contributed by atoms with van der Waals surface area (Å²) >= 11 is 0. The molecule has 6 nitrogen and oxygen atoms in total. The Labute approximate surface area is 198 Å². The molecule has 1 aromatic heterocycles. The van der Waals surface area contributed by atoms with E-state index in [0.29, 0.717) is 42.7 Å². The number of anilines is 1. The highest BCUT2D eigenvalue weighted by Gasteiger charge is 2.30. The maximum absolute atomic E-state index is 13.3. The summed E-state index contributed by atoms with van der Waals surface area (Å²) in [5.41, 5.74) is 5.84. The van der Waals surface area contributed by atoms with Crippen molar-refractivity contribution < 1.29 is 13.2 Å². The summed E-state index contributed by atoms with van der Waals surface area (Å²) in [4.78, 5) is 18.7. The molecule has 1 fully saturated rings. The monoisotopic (exact) mass is 469 g/mol. The first-order valence-corrected chi connectivity index (χ1v) is 12.8. The van der Waals surface area contributed by atoms with Gasteiger partial charge in [0.1, 0.15) is 0 Å². The van der Waals surface area contributed by atoms with Crippen LogP contribution in [-0.4, -0.2) is 37.3 Å². The second-order valence-electron chi connectivity index (χ2n) is 8.67. The molecular formula is C27H23N3O3S. The number of nitrogens with one attached hydrogen (secondary N) is 2. The first-order valence-electron chi connectivity index (χ1n) is 11.3. The van der Waals surface area contributed by atoms with E-state index in [0.717, 1.165) is 22.0 Å². The van der Waals surface area contributed by atoms with E-state index >= 15 is 0 Å². The average molecular weight is 470 g/mol. The fourth-order valence-electron chi connectivity index (χ4n) is 5.09. The van der Waals surface area contributed by atoms with Crippen molar-refractivity contribution in [1.82, 2.24) is 9.88 Å². The number of amides is 1. The number of aromatic amines is 1. The van der Waals surface area contributed by atoms with E-state index in [1.165, 1.54) is 5.57 Å². The molecular weight excluding hydrogens is 446 g/mol. The Hall–Kier alpha value is -3.84. The number of nitrogens with zero attached hydrogens (tertiary/aromatic N) is 1. The van der Waals surface area contributed by atoms with E-state index in [9.17, 15) is 13.2 Å². The maximum Gasteiger partial charge on any atom is 0.262 e. The Balaban J connectivity index is 1.39. The summed E-state index contributed by atoms with van der Waals surface area (Å²) in [6.45, 7) is 1.17. The van der Waals surface area contributed by atoms with Crippen LogP contribution >= 0.6 is 0 Å². The predicted molar refractivity (Wildman–Crippen MR) is 133 cm³/mol. The van der Waals surface area contributed by atoms with Crippen molar-refractivity contribution in [2.24, 2.45) is 0 Å². The van der Waals surface area contributed by atoms with Crippen molar-refractivity contribution in [2.75, 3.05) is 17.8 Å². The third-order valence-corrected chi connectivity index (χ3v) is 8.14. The topological polar surface area (TPSA) is 82.3 Å². The SMILES string of the molecule is O=C(c1cccc2cc[nH]c12)N1CCC(=C2c3ccccc3NS(=O)(=O)c3ccccc32)CC1. The minimum Gasteiger partial charge on any atom is -0.361 e. The Morgan fingerprint density at radius 2 is 1.56 bits per heavy atom. The maximum atomic E-state index is 13.3. The molecule has 2 aliphatic rings. The number of hydrogen-bond acceptors (Lipinski definition) is 3. The van der Waals surface area contributed by atoms with Crippen LogP contribution in [0.2, 0.25) is 0 Å². The Bertz CT molecular complexity index is 1570. The third-order valence-electron chi connectivity index (χ3n) is 6.71. The molecule has 0 saturated carbocycles. The van der Waals surface area contributed by atoms with E-state index in [4.69, 9.17) is 0 Å². The molecule has 6 rings (SSSR count). The molecule has 34 heavy (non-hydrogen) atoms. The lowest BCUT2D eigenvalue weighted by molar-refractivity contribution is 0.0745. The van der Waals surface area contributed by atoms with Crippen molar-refractivity contribution >= 4 is 38.1 Å². The summed E-state index contributed by atoms with van der Waals surface area (Å²) in [6, 6.07) is 22.4. The molecule has 1 amide bonds. The summed E-state index contributed by atoms with van der Waals surface area (Å²) < 4.78 is 28.9. The van der Waals surface area contributed by atoms with Crippen LogP contribution in [0, 0.1) is 0 Å². The second kappa shape index (κ2) is 7.88. The molecule has 4 aromatic rings. The molecule has 7 heteroatoms. The number of sulfonamides is 1. The van der Waals surface area contributed by atoms with Crippen molar-refractivity contribution in [3.63, 3.8) is 0 Å². The van der Waals surface area contributed by atoms with Crippen LogP contribution in [0.25, 0.3) is 16.5 Å². The number of likely N-dealkylation sites (tertiary alicyclic amines) is 1. The average Bonchev–Trinajstić information content (AvgIpc) is 3.31. The van der Waals surface area contributed by atoms with Gasteiger partial charge in [0.15, 0.2) is 0 Å². The smallest absolute Gasteiger partial charge is 0.262 e. The zero-order chi connectivity index (χ0) is 23.3. The number of para-hydroxylation sites is 2. The number of aromatic nitrogens is 1. The number of piperidine rings is 1. The molecule has 3 aromatic carbocycles. The van der Waals surface area contributed by atoms with Gasteiger partial charge in [0.05, 0.1) is 21.7 Å². The van der Waals surface area contributed by atoms with E-state index in [1.807, 2.05) is 65.7 Å². The minimum atomic E-state index is -3.69. The zero-order valence-electron chi connectivity index (χ0n) is 18.4. The molecule has 0 aliphatic carbocycles. The van der Waals surface area contributed by atoms with Crippen LogP contribution in [-0.2, 0) is 10.0 Å². The molecule has 0 bridgehead atoms. The fraction of sp³-hybridized carbons (Fsp3) is 0.148. The van der Waals surface area contributed by atoms with E-state index in [2.05, 4.69) is 9.71 Å². The normalized spacial score (nSPS) is 17.0. The molecule has 0 unspecified atom stereocenters. The quantitative estimate of drug-likeness (QED) is 0.411. The Morgan fingerprint density at radius 3 is 2.38 bits per heavy atom. The highest BCUT2D eigenvalue weighted by molar-refractivity contribution is 7.92. The van der Waals surface area contributed by atoms with Crippen LogP contribution in [0.4, 0.5) is 5.69 Å². The van der Waals surface area contributed by atoms with E-state index < -0.39 is 10.0 Å². The Kier molecular flexibility index (Phi) is 4.81. The largest absolute Gasteiger partial charge is 0.361 e. The standard InChI is InChI=1S/C27H23N3O3S/c31-27(22-9-5-6-19-12-15-28-26(19)22)30-16-13-18(14-17-30)25-20-7-1-3-10-23(20)29-34(32,33)24-11-4-2-8-21(24)25/h1-12,15,28-29H,13-14,16-17H2. The summed E-state index contributed by atoms with van der Waals surface area (Å²) in [6.07, 6.45) is 3.22. The summed E-state index contributed by atoms with van der Waals surface area (Å²) in [5, 5.41) is 1.02. The van der Waals surface area contributed by atoms with Crippen LogP contribution in [0.15, 0.2) is 89.5 Å². The van der Waals surface area contributed by atoms with Crippen molar-refractivity contribution in [3.05, 3.63) is 101 Å². The second-order valence-corrected chi connectivity index (χ2v) is 10.3. The first kappa shape index (κ1) is 20.7. The number of fused-ring (bicyclic) bond motifs is 3. The van der Waals surface area contributed by atoms with E-state index in [-0.39, 0.29) is 10.8 Å². The molecule has 2 aliphatic heterocycles. The highest BCUT2D eigenvalue weighted by atomic mass is 32.2. The number of hydrogen-bond donors (Lipinski definition) is 2. The first-order chi connectivity index (χ1) is 16.5. The van der Waals surface area contributed by atoms with Crippen LogP contribution in [0.5, 0.6) is 0 Å².